The molecule has 2 atom stereocenters. The van der Waals surface area contributed by atoms with E-state index in [1.54, 1.807) is 18.2 Å². The summed E-state index contributed by atoms with van der Waals surface area (Å²) in [5, 5.41) is 33.3. The molecular formula is C19H19F2N3O3. The van der Waals surface area contributed by atoms with Crippen molar-refractivity contribution in [1.82, 2.24) is 10.6 Å². The Morgan fingerprint density at radius 2 is 1.85 bits per heavy atom. The van der Waals surface area contributed by atoms with Crippen LogP contribution in [0.25, 0.3) is 0 Å². The van der Waals surface area contributed by atoms with Crippen molar-refractivity contribution >= 4 is 6.09 Å². The highest BCUT2D eigenvalue weighted by atomic mass is 19.1. The lowest BCUT2D eigenvalue weighted by atomic mass is 10.0. The Bertz CT molecular complexity index is 819. The van der Waals surface area contributed by atoms with Crippen LogP contribution in [0.2, 0.25) is 0 Å². The first-order valence-corrected chi connectivity index (χ1v) is 8.19. The summed E-state index contributed by atoms with van der Waals surface area (Å²) >= 11 is 0. The Hall–Kier alpha value is -3.02. The van der Waals surface area contributed by atoms with Gasteiger partial charge in [0.05, 0.1) is 23.8 Å². The number of amides is 1. The van der Waals surface area contributed by atoms with Gasteiger partial charge in [-0.3, -0.25) is 0 Å². The average Bonchev–Trinajstić information content (AvgIpc) is 2.60. The zero-order valence-corrected chi connectivity index (χ0v) is 14.3. The molecule has 0 aromatic heterocycles. The van der Waals surface area contributed by atoms with Gasteiger partial charge in [0.25, 0.3) is 0 Å². The number of hydrogen-bond donors (Lipinski definition) is 4. The molecule has 0 fully saturated rings. The van der Waals surface area contributed by atoms with Crippen LogP contribution >= 0.6 is 0 Å². The van der Waals surface area contributed by atoms with E-state index in [0.717, 1.165) is 23.8 Å². The van der Waals surface area contributed by atoms with E-state index < -0.39 is 29.9 Å². The van der Waals surface area contributed by atoms with E-state index in [4.69, 9.17) is 10.4 Å². The SMILES string of the molecule is N#Cc1cccc(CNC[C@H](O)[C@H](Cc2cc(F)cc(F)c2)NC(=O)O)c1. The molecule has 142 valence electrons. The number of benzene rings is 2. The number of carboxylic acid groups (broad SMARTS) is 1. The molecule has 0 spiro atoms. The van der Waals surface area contributed by atoms with E-state index in [-0.39, 0.29) is 18.5 Å². The molecule has 0 aliphatic carbocycles. The smallest absolute Gasteiger partial charge is 0.404 e. The van der Waals surface area contributed by atoms with Gasteiger partial charge in [-0.25, -0.2) is 13.6 Å². The van der Waals surface area contributed by atoms with Crippen molar-refractivity contribution in [1.29, 1.82) is 5.26 Å². The minimum atomic E-state index is -1.35. The van der Waals surface area contributed by atoms with Gasteiger partial charge >= 0.3 is 6.09 Å². The Kier molecular flexibility index (Phi) is 7.23. The van der Waals surface area contributed by atoms with Crippen LogP contribution in [0.3, 0.4) is 0 Å². The number of carbonyl (C=O) groups is 1. The number of nitriles is 1. The van der Waals surface area contributed by atoms with Crippen LogP contribution in [0.5, 0.6) is 0 Å². The maximum atomic E-state index is 13.3. The minimum Gasteiger partial charge on any atom is -0.465 e. The molecule has 0 saturated heterocycles. The summed E-state index contributed by atoms with van der Waals surface area (Å²) in [4.78, 5) is 11.0. The van der Waals surface area contributed by atoms with Crippen LogP contribution in [0.4, 0.5) is 13.6 Å². The maximum Gasteiger partial charge on any atom is 0.404 e. The maximum absolute atomic E-state index is 13.3. The molecule has 2 rings (SSSR count). The Balaban J connectivity index is 1.98. The quantitative estimate of drug-likeness (QED) is 0.566. The summed E-state index contributed by atoms with van der Waals surface area (Å²) in [6.07, 6.45) is -2.56. The van der Waals surface area contributed by atoms with Gasteiger partial charge in [0.15, 0.2) is 0 Å². The highest BCUT2D eigenvalue weighted by Gasteiger charge is 2.22. The molecule has 0 heterocycles. The van der Waals surface area contributed by atoms with Crippen LogP contribution in [0.15, 0.2) is 42.5 Å². The van der Waals surface area contributed by atoms with Crippen LogP contribution in [0, 0.1) is 23.0 Å². The number of halogens is 2. The summed E-state index contributed by atoms with van der Waals surface area (Å²) in [6.45, 7) is 0.403. The topological polar surface area (TPSA) is 105 Å². The predicted octanol–water partition coefficient (Wildman–Crippen LogP) is 2.17. The van der Waals surface area contributed by atoms with Crippen molar-refractivity contribution in [3.63, 3.8) is 0 Å². The van der Waals surface area contributed by atoms with E-state index in [0.29, 0.717) is 12.1 Å². The summed E-state index contributed by atoms with van der Waals surface area (Å²) in [5.41, 5.74) is 1.57. The van der Waals surface area contributed by atoms with Crippen molar-refractivity contribution in [2.75, 3.05) is 6.54 Å². The number of rotatable bonds is 8. The molecule has 0 saturated carbocycles. The first-order chi connectivity index (χ1) is 12.9. The number of nitrogens with zero attached hydrogens (tertiary/aromatic N) is 1. The number of hydrogen-bond acceptors (Lipinski definition) is 4. The van der Waals surface area contributed by atoms with Gasteiger partial charge in [-0.05, 0) is 41.8 Å². The van der Waals surface area contributed by atoms with Gasteiger partial charge in [-0.15, -0.1) is 0 Å². The van der Waals surface area contributed by atoms with E-state index in [2.05, 4.69) is 10.6 Å². The molecule has 0 bridgehead atoms. The fourth-order valence-corrected chi connectivity index (χ4v) is 2.68. The van der Waals surface area contributed by atoms with Gasteiger partial charge in [0, 0.05) is 19.2 Å². The highest BCUT2D eigenvalue weighted by molar-refractivity contribution is 5.65. The van der Waals surface area contributed by atoms with Gasteiger partial charge in [0.1, 0.15) is 11.6 Å². The molecule has 2 aromatic rings. The van der Waals surface area contributed by atoms with E-state index in [1.165, 1.54) is 0 Å². The first kappa shape index (κ1) is 20.3. The molecule has 0 aliphatic heterocycles. The van der Waals surface area contributed by atoms with Gasteiger partial charge in [-0.2, -0.15) is 5.26 Å². The molecule has 0 aliphatic rings. The van der Waals surface area contributed by atoms with Crippen LogP contribution in [0.1, 0.15) is 16.7 Å². The van der Waals surface area contributed by atoms with Crippen molar-refractivity contribution in [2.24, 2.45) is 0 Å². The summed E-state index contributed by atoms with van der Waals surface area (Å²) in [5.74, 6) is -1.55. The van der Waals surface area contributed by atoms with Gasteiger partial charge in [-0.1, -0.05) is 12.1 Å². The minimum absolute atomic E-state index is 0.0412. The molecule has 1 amide bonds. The second-order valence-corrected chi connectivity index (χ2v) is 6.05. The molecule has 4 N–H and O–H groups in total. The Morgan fingerprint density at radius 1 is 1.15 bits per heavy atom. The van der Waals surface area contributed by atoms with E-state index >= 15 is 0 Å². The third-order valence-corrected chi connectivity index (χ3v) is 3.89. The van der Waals surface area contributed by atoms with Crippen LogP contribution in [-0.2, 0) is 13.0 Å². The Morgan fingerprint density at radius 3 is 2.48 bits per heavy atom. The molecule has 2 aromatic carbocycles. The molecule has 8 heteroatoms. The summed E-state index contributed by atoms with van der Waals surface area (Å²) in [7, 11) is 0. The molecule has 6 nitrogen and oxygen atoms in total. The molecular weight excluding hydrogens is 356 g/mol. The molecule has 27 heavy (non-hydrogen) atoms. The average molecular weight is 375 g/mol. The summed E-state index contributed by atoms with van der Waals surface area (Å²) < 4.78 is 26.6. The summed E-state index contributed by atoms with van der Waals surface area (Å²) in [6, 6.07) is 10.9. The monoisotopic (exact) mass is 375 g/mol. The van der Waals surface area contributed by atoms with Crippen molar-refractivity contribution in [3.05, 3.63) is 70.8 Å². The van der Waals surface area contributed by atoms with Crippen molar-refractivity contribution < 1.29 is 23.8 Å². The normalized spacial score (nSPS) is 12.8. The zero-order chi connectivity index (χ0) is 19.8. The largest absolute Gasteiger partial charge is 0.465 e. The molecule has 0 radical (unpaired) electrons. The second kappa shape index (κ2) is 9.62. The zero-order valence-electron chi connectivity index (χ0n) is 14.3. The van der Waals surface area contributed by atoms with Crippen molar-refractivity contribution in [3.8, 4) is 6.07 Å². The fourth-order valence-electron chi connectivity index (χ4n) is 2.68. The lowest BCUT2D eigenvalue weighted by Gasteiger charge is -2.23. The third kappa shape index (κ3) is 6.66. The second-order valence-electron chi connectivity index (χ2n) is 6.05. The highest BCUT2D eigenvalue weighted by Crippen LogP contribution is 2.12. The van der Waals surface area contributed by atoms with E-state index in [1.807, 2.05) is 12.1 Å². The predicted molar refractivity (Wildman–Crippen MR) is 93.9 cm³/mol. The van der Waals surface area contributed by atoms with Gasteiger partial charge in [0.2, 0.25) is 0 Å². The van der Waals surface area contributed by atoms with E-state index in [9.17, 15) is 18.7 Å². The number of nitrogens with one attached hydrogen (secondary N) is 2. The Labute approximate surface area is 155 Å². The number of aliphatic hydroxyl groups excluding tert-OH is 1. The third-order valence-electron chi connectivity index (χ3n) is 3.89. The lowest BCUT2D eigenvalue weighted by Crippen LogP contribution is -2.48. The van der Waals surface area contributed by atoms with Crippen molar-refractivity contribution in [2.45, 2.75) is 25.1 Å². The molecule has 0 unspecified atom stereocenters. The van der Waals surface area contributed by atoms with Gasteiger partial charge < -0.3 is 20.8 Å². The number of aliphatic hydroxyl groups is 1. The standard InChI is InChI=1S/C19H19F2N3O3/c20-15-5-14(6-16(21)8-15)7-17(24-19(26)27)18(25)11-23-10-13-3-1-2-12(4-13)9-22/h1-6,8,17-18,23-25H,7,10-11H2,(H,26,27)/t17-,18-/m0/s1. The first-order valence-electron chi connectivity index (χ1n) is 8.19. The van der Waals surface area contributed by atoms with Crippen LogP contribution < -0.4 is 10.6 Å². The van der Waals surface area contributed by atoms with Crippen LogP contribution in [-0.4, -0.2) is 35.0 Å². The fraction of sp³-hybridized carbons (Fsp3) is 0.263. The lowest BCUT2D eigenvalue weighted by molar-refractivity contribution is 0.117.